The first-order valence-electron chi connectivity index (χ1n) is 6.07. The van der Waals surface area contributed by atoms with Crippen LogP contribution in [0.3, 0.4) is 0 Å². The van der Waals surface area contributed by atoms with Crippen molar-refractivity contribution < 1.29 is 9.53 Å². The lowest BCUT2D eigenvalue weighted by atomic mass is 9.95. The van der Waals surface area contributed by atoms with Gasteiger partial charge in [-0.1, -0.05) is 18.5 Å². The summed E-state index contributed by atoms with van der Waals surface area (Å²) in [7, 11) is 0. The van der Waals surface area contributed by atoms with Crippen molar-refractivity contribution in [3.63, 3.8) is 0 Å². The first-order valence-corrected chi connectivity index (χ1v) is 6.45. The average Bonchev–Trinajstić information content (AvgIpc) is 2.71. The van der Waals surface area contributed by atoms with Crippen LogP contribution in [0.15, 0.2) is 6.20 Å². The molecule has 0 aromatic carbocycles. The minimum atomic E-state index is -0.0615. The molecule has 2 rings (SSSR count). The van der Waals surface area contributed by atoms with E-state index in [1.54, 1.807) is 10.9 Å². The third kappa shape index (κ3) is 2.69. The van der Waals surface area contributed by atoms with Gasteiger partial charge in [0, 0.05) is 19.1 Å². The van der Waals surface area contributed by atoms with Gasteiger partial charge in [0.25, 0.3) is 0 Å². The fourth-order valence-electron chi connectivity index (χ4n) is 2.13. The molecule has 1 aromatic rings. The number of ketones is 1. The zero-order valence-corrected chi connectivity index (χ0v) is 10.7. The molecule has 1 atom stereocenters. The van der Waals surface area contributed by atoms with Crippen molar-refractivity contribution in [2.45, 2.75) is 32.7 Å². The maximum Gasteiger partial charge on any atom is 0.187 e. The van der Waals surface area contributed by atoms with E-state index in [2.05, 4.69) is 5.10 Å². The van der Waals surface area contributed by atoms with E-state index in [9.17, 15) is 4.79 Å². The topological polar surface area (TPSA) is 44.1 Å². The van der Waals surface area contributed by atoms with Crippen LogP contribution in [0.2, 0.25) is 5.02 Å². The van der Waals surface area contributed by atoms with Crippen molar-refractivity contribution in [3.8, 4) is 0 Å². The summed E-state index contributed by atoms with van der Waals surface area (Å²) in [6.07, 6.45) is 4.30. The Balaban J connectivity index is 2.19. The number of hydrogen-bond acceptors (Lipinski definition) is 3. The number of carbonyl (C=O) groups is 1. The van der Waals surface area contributed by atoms with Crippen LogP contribution in [0.4, 0.5) is 0 Å². The van der Waals surface area contributed by atoms with Gasteiger partial charge in [-0.3, -0.25) is 9.48 Å². The Morgan fingerprint density at radius 2 is 2.53 bits per heavy atom. The summed E-state index contributed by atoms with van der Waals surface area (Å²) >= 11 is 6.05. The Kier molecular flexibility index (Phi) is 4.18. The van der Waals surface area contributed by atoms with Crippen molar-refractivity contribution in [1.82, 2.24) is 9.78 Å². The molecule has 1 fully saturated rings. The van der Waals surface area contributed by atoms with Gasteiger partial charge in [-0.15, -0.1) is 0 Å². The molecule has 2 heterocycles. The number of halogens is 1. The van der Waals surface area contributed by atoms with Crippen LogP contribution in [0.5, 0.6) is 0 Å². The minimum absolute atomic E-state index is 0.0615. The molecule has 0 radical (unpaired) electrons. The maximum absolute atomic E-state index is 12.4. The zero-order chi connectivity index (χ0) is 12.3. The van der Waals surface area contributed by atoms with Gasteiger partial charge >= 0.3 is 0 Å². The van der Waals surface area contributed by atoms with Crippen molar-refractivity contribution in [1.29, 1.82) is 0 Å². The lowest BCUT2D eigenvalue weighted by Gasteiger charge is -2.21. The molecule has 17 heavy (non-hydrogen) atoms. The molecule has 1 aromatic heterocycles. The molecule has 1 unspecified atom stereocenters. The Labute approximate surface area is 106 Å². The number of hydrogen-bond donors (Lipinski definition) is 0. The van der Waals surface area contributed by atoms with Crippen LogP contribution in [-0.4, -0.2) is 28.8 Å². The van der Waals surface area contributed by atoms with Crippen LogP contribution in [0.25, 0.3) is 0 Å². The Morgan fingerprint density at radius 1 is 1.71 bits per heavy atom. The van der Waals surface area contributed by atoms with Crippen LogP contribution in [-0.2, 0) is 11.3 Å². The molecule has 5 heteroatoms. The first-order chi connectivity index (χ1) is 8.24. The highest BCUT2D eigenvalue weighted by atomic mass is 35.5. The van der Waals surface area contributed by atoms with Crippen LogP contribution in [0, 0.1) is 5.92 Å². The molecule has 4 nitrogen and oxygen atoms in total. The summed E-state index contributed by atoms with van der Waals surface area (Å²) in [4.78, 5) is 12.4. The van der Waals surface area contributed by atoms with Crippen LogP contribution in [0.1, 0.15) is 36.7 Å². The van der Waals surface area contributed by atoms with Gasteiger partial charge in [0.2, 0.25) is 0 Å². The van der Waals surface area contributed by atoms with E-state index in [-0.39, 0.29) is 11.7 Å². The van der Waals surface area contributed by atoms with E-state index in [4.69, 9.17) is 16.3 Å². The molecule has 94 valence electrons. The third-order valence-electron chi connectivity index (χ3n) is 2.99. The van der Waals surface area contributed by atoms with E-state index in [0.29, 0.717) is 17.3 Å². The molecule has 0 spiro atoms. The lowest BCUT2D eigenvalue weighted by molar-refractivity contribution is 0.0454. The number of aromatic nitrogens is 2. The summed E-state index contributed by atoms with van der Waals surface area (Å²) in [5, 5.41) is 4.60. The number of aryl methyl sites for hydroxylation is 1. The van der Waals surface area contributed by atoms with Crippen molar-refractivity contribution in [2.75, 3.05) is 13.2 Å². The molecule has 0 N–H and O–H groups in total. The van der Waals surface area contributed by atoms with Gasteiger partial charge in [-0.25, -0.2) is 0 Å². The predicted octanol–water partition coefficient (Wildman–Crippen LogP) is 2.56. The van der Waals surface area contributed by atoms with Gasteiger partial charge < -0.3 is 4.74 Å². The molecule has 0 bridgehead atoms. The highest BCUT2D eigenvalue weighted by Crippen LogP contribution is 2.24. The van der Waals surface area contributed by atoms with Crippen LogP contribution >= 0.6 is 11.6 Å². The minimum Gasteiger partial charge on any atom is -0.381 e. The monoisotopic (exact) mass is 256 g/mol. The lowest BCUT2D eigenvalue weighted by Crippen LogP contribution is -2.27. The maximum atomic E-state index is 12.4. The van der Waals surface area contributed by atoms with Gasteiger partial charge in [-0.2, -0.15) is 5.10 Å². The molecular formula is C12H17ClN2O2. The number of carbonyl (C=O) groups excluding carboxylic acids is 1. The Morgan fingerprint density at radius 3 is 3.18 bits per heavy atom. The highest BCUT2D eigenvalue weighted by Gasteiger charge is 2.27. The van der Waals surface area contributed by atoms with E-state index >= 15 is 0 Å². The normalized spacial score (nSPS) is 20.5. The van der Waals surface area contributed by atoms with Gasteiger partial charge in [0.05, 0.1) is 17.8 Å². The summed E-state index contributed by atoms with van der Waals surface area (Å²) in [5.74, 6) is 0.00852. The summed E-state index contributed by atoms with van der Waals surface area (Å²) in [6, 6.07) is 0. The van der Waals surface area contributed by atoms with Crippen molar-refractivity contribution >= 4 is 17.4 Å². The predicted molar refractivity (Wildman–Crippen MR) is 65.4 cm³/mol. The number of Topliss-reactive ketones (excluding diaryl/α,β-unsaturated/α-hetero) is 1. The van der Waals surface area contributed by atoms with Crippen LogP contribution < -0.4 is 0 Å². The average molecular weight is 257 g/mol. The second-order valence-corrected chi connectivity index (χ2v) is 4.75. The zero-order valence-electron chi connectivity index (χ0n) is 9.99. The highest BCUT2D eigenvalue weighted by molar-refractivity contribution is 6.33. The smallest absolute Gasteiger partial charge is 0.187 e. The molecule has 0 aliphatic carbocycles. The van der Waals surface area contributed by atoms with Gasteiger partial charge in [-0.05, 0) is 19.3 Å². The standard InChI is InChI=1S/C12H17ClN2O2/c1-2-5-15-11(10(13)7-14-15)12(16)9-4-3-6-17-8-9/h7,9H,2-6,8H2,1H3. The molecule has 1 aliphatic rings. The number of ether oxygens (including phenoxy) is 1. The third-order valence-corrected chi connectivity index (χ3v) is 3.27. The number of nitrogens with zero attached hydrogens (tertiary/aromatic N) is 2. The van der Waals surface area contributed by atoms with E-state index in [1.807, 2.05) is 6.92 Å². The molecule has 1 aliphatic heterocycles. The molecule has 1 saturated heterocycles. The molecule has 0 saturated carbocycles. The second kappa shape index (κ2) is 5.65. The second-order valence-electron chi connectivity index (χ2n) is 4.34. The van der Waals surface area contributed by atoms with E-state index in [0.717, 1.165) is 32.4 Å². The van der Waals surface area contributed by atoms with Gasteiger partial charge in [0.1, 0.15) is 5.69 Å². The Hall–Kier alpha value is -0.870. The fraction of sp³-hybridized carbons (Fsp3) is 0.667. The van der Waals surface area contributed by atoms with E-state index in [1.165, 1.54) is 0 Å². The Bertz CT molecular complexity index is 397. The molecular weight excluding hydrogens is 240 g/mol. The summed E-state index contributed by atoms with van der Waals surface area (Å²) in [6.45, 7) is 4.03. The molecule has 0 amide bonds. The SMILES string of the molecule is CCCn1ncc(Cl)c1C(=O)C1CCCOC1. The summed E-state index contributed by atoms with van der Waals surface area (Å²) < 4.78 is 7.06. The number of rotatable bonds is 4. The largest absolute Gasteiger partial charge is 0.381 e. The van der Waals surface area contributed by atoms with E-state index < -0.39 is 0 Å². The van der Waals surface area contributed by atoms with Crippen molar-refractivity contribution in [2.24, 2.45) is 5.92 Å². The quantitative estimate of drug-likeness (QED) is 0.778. The van der Waals surface area contributed by atoms with Gasteiger partial charge in [0.15, 0.2) is 5.78 Å². The first kappa shape index (κ1) is 12.6. The van der Waals surface area contributed by atoms with Crippen molar-refractivity contribution in [3.05, 3.63) is 16.9 Å². The fourth-order valence-corrected chi connectivity index (χ4v) is 2.36. The summed E-state index contributed by atoms with van der Waals surface area (Å²) in [5.41, 5.74) is 0.545.